The van der Waals surface area contributed by atoms with Crippen LogP contribution in [-0.4, -0.2) is 52.0 Å². The molecular weight excluding hydrogens is 352 g/mol. The molecule has 0 radical (unpaired) electrons. The third-order valence-corrected chi connectivity index (χ3v) is 5.98. The Kier molecular flexibility index (Phi) is 5.40. The van der Waals surface area contributed by atoms with Gasteiger partial charge in [-0.3, -0.25) is 9.69 Å². The average molecular weight is 383 g/mol. The van der Waals surface area contributed by atoms with E-state index in [1.807, 2.05) is 43.5 Å². The standard InChI is InChI=1S/C22H30N4O2/c1-24-13-10-23-20(24)16-26-12-4-3-11-25(2)21(27)22(8-9-22)17-28-19-7-5-6-18(14-19)15-26/h5-7,10,13-14H,3-4,8-9,11-12,15-17H2,1-2H3. The largest absolute Gasteiger partial charge is 0.492 e. The highest BCUT2D eigenvalue weighted by Crippen LogP contribution is 2.47. The first-order chi connectivity index (χ1) is 13.6. The molecule has 2 bridgehead atoms. The third kappa shape index (κ3) is 4.22. The van der Waals surface area contributed by atoms with Crippen LogP contribution in [0.1, 0.15) is 37.1 Å². The van der Waals surface area contributed by atoms with Crippen LogP contribution in [0.25, 0.3) is 0 Å². The lowest BCUT2D eigenvalue weighted by molar-refractivity contribution is -0.136. The minimum absolute atomic E-state index is 0.241. The minimum atomic E-state index is -0.293. The number of carbonyl (C=O) groups excluding carboxylic acids is 1. The highest BCUT2D eigenvalue weighted by molar-refractivity contribution is 5.85. The zero-order valence-electron chi connectivity index (χ0n) is 16.9. The van der Waals surface area contributed by atoms with Crippen LogP contribution in [0.5, 0.6) is 5.75 Å². The summed E-state index contributed by atoms with van der Waals surface area (Å²) in [5, 5.41) is 0. The molecule has 2 heterocycles. The summed E-state index contributed by atoms with van der Waals surface area (Å²) in [5.41, 5.74) is 0.941. The Morgan fingerprint density at radius 2 is 2.00 bits per heavy atom. The van der Waals surface area contributed by atoms with Gasteiger partial charge in [0.25, 0.3) is 0 Å². The van der Waals surface area contributed by atoms with Gasteiger partial charge in [0.1, 0.15) is 18.2 Å². The van der Waals surface area contributed by atoms with E-state index in [2.05, 4.69) is 26.6 Å². The summed E-state index contributed by atoms with van der Waals surface area (Å²) in [7, 11) is 3.97. The topological polar surface area (TPSA) is 50.6 Å². The second kappa shape index (κ2) is 7.95. The maximum absolute atomic E-state index is 12.9. The lowest BCUT2D eigenvalue weighted by Crippen LogP contribution is -2.38. The molecule has 0 unspecified atom stereocenters. The predicted molar refractivity (Wildman–Crippen MR) is 108 cm³/mol. The molecule has 1 aliphatic carbocycles. The number of carbonyl (C=O) groups is 1. The van der Waals surface area contributed by atoms with Gasteiger partial charge >= 0.3 is 0 Å². The number of aryl methyl sites for hydroxylation is 1. The first kappa shape index (κ1) is 19.0. The number of benzene rings is 1. The molecule has 6 heteroatoms. The number of nitrogens with zero attached hydrogens (tertiary/aromatic N) is 4. The monoisotopic (exact) mass is 382 g/mol. The van der Waals surface area contributed by atoms with Crippen molar-refractivity contribution in [3.8, 4) is 5.75 Å². The number of rotatable bonds is 2. The molecule has 0 N–H and O–H groups in total. The number of imidazole rings is 1. The van der Waals surface area contributed by atoms with E-state index in [-0.39, 0.29) is 11.3 Å². The number of hydrogen-bond acceptors (Lipinski definition) is 4. The maximum atomic E-state index is 12.9. The van der Waals surface area contributed by atoms with Crippen molar-refractivity contribution < 1.29 is 9.53 Å². The Morgan fingerprint density at radius 1 is 1.18 bits per heavy atom. The van der Waals surface area contributed by atoms with Crippen molar-refractivity contribution >= 4 is 5.91 Å². The van der Waals surface area contributed by atoms with E-state index in [0.717, 1.165) is 63.4 Å². The first-order valence-corrected chi connectivity index (χ1v) is 10.2. The number of fused-ring (bicyclic) bond motifs is 2. The lowest BCUT2D eigenvalue weighted by atomic mass is 10.1. The smallest absolute Gasteiger partial charge is 0.231 e. The molecule has 1 saturated carbocycles. The van der Waals surface area contributed by atoms with Crippen molar-refractivity contribution in [2.24, 2.45) is 12.5 Å². The van der Waals surface area contributed by atoms with E-state index < -0.39 is 0 Å². The molecule has 2 aromatic rings. The zero-order chi connectivity index (χ0) is 19.6. The summed E-state index contributed by atoms with van der Waals surface area (Å²) in [6.45, 7) is 3.94. The molecule has 28 heavy (non-hydrogen) atoms. The molecule has 1 fully saturated rings. The Labute approximate surface area is 167 Å². The van der Waals surface area contributed by atoms with Crippen LogP contribution in [0, 0.1) is 5.41 Å². The molecule has 1 aliphatic heterocycles. The van der Waals surface area contributed by atoms with Gasteiger partial charge in [-0.2, -0.15) is 0 Å². The van der Waals surface area contributed by atoms with Crippen molar-refractivity contribution in [3.63, 3.8) is 0 Å². The van der Waals surface area contributed by atoms with Gasteiger partial charge in [0.15, 0.2) is 0 Å². The molecule has 4 rings (SSSR count). The maximum Gasteiger partial charge on any atom is 0.231 e. The summed E-state index contributed by atoms with van der Waals surface area (Å²) in [6, 6.07) is 8.29. The van der Waals surface area contributed by atoms with Gasteiger partial charge in [0, 0.05) is 39.6 Å². The molecular formula is C22H30N4O2. The second-order valence-corrected chi connectivity index (χ2v) is 8.32. The molecule has 2 aliphatic rings. The van der Waals surface area contributed by atoms with E-state index >= 15 is 0 Å². The first-order valence-electron chi connectivity index (χ1n) is 10.2. The SMILES string of the molecule is CN1CCCCN(Cc2nccn2C)Cc2cccc(c2)OCC2(CC2)C1=O. The van der Waals surface area contributed by atoms with Gasteiger partial charge in [-0.05, 0) is 49.9 Å². The van der Waals surface area contributed by atoms with Crippen LogP contribution >= 0.6 is 0 Å². The molecule has 0 saturated heterocycles. The Morgan fingerprint density at radius 3 is 2.75 bits per heavy atom. The Balaban J connectivity index is 1.53. The van der Waals surface area contributed by atoms with Crippen molar-refractivity contribution in [1.29, 1.82) is 0 Å². The molecule has 6 nitrogen and oxygen atoms in total. The number of hydrogen-bond donors (Lipinski definition) is 0. The summed E-state index contributed by atoms with van der Waals surface area (Å²) >= 11 is 0. The molecule has 150 valence electrons. The number of aromatic nitrogens is 2. The molecule has 0 atom stereocenters. The van der Waals surface area contributed by atoms with Crippen molar-refractivity contribution in [1.82, 2.24) is 19.4 Å². The highest BCUT2D eigenvalue weighted by Gasteiger charge is 2.52. The average Bonchev–Trinajstić information content (AvgIpc) is 3.38. The van der Waals surface area contributed by atoms with Gasteiger partial charge in [-0.1, -0.05) is 12.1 Å². The Hall–Kier alpha value is -2.34. The van der Waals surface area contributed by atoms with Crippen molar-refractivity contribution in [3.05, 3.63) is 48.0 Å². The van der Waals surface area contributed by atoms with Gasteiger partial charge < -0.3 is 14.2 Å². The van der Waals surface area contributed by atoms with E-state index in [0.29, 0.717) is 6.61 Å². The lowest BCUT2D eigenvalue weighted by Gasteiger charge is -2.26. The van der Waals surface area contributed by atoms with Crippen LogP contribution in [0.2, 0.25) is 0 Å². The fourth-order valence-corrected chi connectivity index (χ4v) is 3.94. The highest BCUT2D eigenvalue weighted by atomic mass is 16.5. The van der Waals surface area contributed by atoms with E-state index in [4.69, 9.17) is 4.74 Å². The van der Waals surface area contributed by atoms with Crippen molar-refractivity contribution in [2.45, 2.75) is 38.8 Å². The quantitative estimate of drug-likeness (QED) is 0.801. The summed E-state index contributed by atoms with van der Waals surface area (Å²) in [4.78, 5) is 21.7. The third-order valence-electron chi connectivity index (χ3n) is 5.98. The van der Waals surface area contributed by atoms with Gasteiger partial charge in [-0.15, -0.1) is 0 Å². The minimum Gasteiger partial charge on any atom is -0.492 e. The second-order valence-electron chi connectivity index (χ2n) is 8.32. The van der Waals surface area contributed by atoms with Crippen molar-refractivity contribution in [2.75, 3.05) is 26.7 Å². The van der Waals surface area contributed by atoms with Crippen LogP contribution in [0.3, 0.4) is 0 Å². The normalized spacial score (nSPS) is 20.6. The van der Waals surface area contributed by atoms with E-state index in [1.54, 1.807) is 0 Å². The van der Waals surface area contributed by atoms with Gasteiger partial charge in [0.05, 0.1) is 12.0 Å². The predicted octanol–water partition coefficient (Wildman–Crippen LogP) is 2.83. The fourth-order valence-electron chi connectivity index (χ4n) is 3.94. The van der Waals surface area contributed by atoms with E-state index in [9.17, 15) is 4.79 Å². The molecule has 1 aromatic heterocycles. The van der Waals surface area contributed by atoms with E-state index in [1.165, 1.54) is 5.56 Å². The Bertz CT molecular complexity index is 827. The summed E-state index contributed by atoms with van der Waals surface area (Å²) in [6.07, 6.45) is 7.78. The molecule has 1 aromatic carbocycles. The fraction of sp³-hybridized carbons (Fsp3) is 0.545. The van der Waals surface area contributed by atoms with Gasteiger partial charge in [-0.25, -0.2) is 4.98 Å². The summed E-state index contributed by atoms with van der Waals surface area (Å²) < 4.78 is 8.14. The van der Waals surface area contributed by atoms with Crippen LogP contribution in [-0.2, 0) is 24.9 Å². The van der Waals surface area contributed by atoms with Crippen LogP contribution in [0.15, 0.2) is 36.7 Å². The summed E-state index contributed by atoms with van der Waals surface area (Å²) in [5.74, 6) is 2.16. The molecule has 1 spiro atoms. The molecule has 1 amide bonds. The van der Waals surface area contributed by atoms with Crippen LogP contribution in [0.4, 0.5) is 0 Å². The number of ether oxygens (including phenoxy) is 1. The van der Waals surface area contributed by atoms with Gasteiger partial charge in [0.2, 0.25) is 5.91 Å². The zero-order valence-corrected chi connectivity index (χ0v) is 16.9. The number of amides is 1. The van der Waals surface area contributed by atoms with Crippen LogP contribution < -0.4 is 4.74 Å².